The third kappa shape index (κ3) is 4.65. The Morgan fingerprint density at radius 2 is 1.76 bits per heavy atom. The number of aryl methyl sites for hydroxylation is 2. The highest BCUT2D eigenvalue weighted by Crippen LogP contribution is 2.38. The van der Waals surface area contributed by atoms with E-state index in [1.807, 2.05) is 50.2 Å². The van der Waals surface area contributed by atoms with Gasteiger partial charge in [-0.25, -0.2) is 8.42 Å². The molecule has 1 aliphatic heterocycles. The Kier molecular flexibility index (Phi) is 6.54. The van der Waals surface area contributed by atoms with Crippen LogP contribution in [0.25, 0.3) is 0 Å². The molecule has 0 aromatic heterocycles. The first-order chi connectivity index (χ1) is 15.8. The number of rotatable bonds is 6. The minimum atomic E-state index is -3.86. The maximum atomic E-state index is 13.6. The van der Waals surface area contributed by atoms with Gasteiger partial charge in [0, 0.05) is 24.4 Å². The van der Waals surface area contributed by atoms with Crippen LogP contribution >= 0.6 is 0 Å². The number of hydrogen-bond acceptors (Lipinski definition) is 4. The summed E-state index contributed by atoms with van der Waals surface area (Å²) in [4.78, 5) is 15.4. The van der Waals surface area contributed by atoms with Crippen molar-refractivity contribution in [3.8, 4) is 0 Å². The van der Waals surface area contributed by atoms with Gasteiger partial charge in [0.15, 0.2) is 0 Å². The summed E-state index contributed by atoms with van der Waals surface area (Å²) in [5.41, 5.74) is 4.24. The fourth-order valence-electron chi connectivity index (χ4n) is 4.34. The van der Waals surface area contributed by atoms with E-state index in [-0.39, 0.29) is 23.3 Å². The molecule has 7 heteroatoms. The highest BCUT2D eigenvalue weighted by atomic mass is 32.2. The third-order valence-corrected chi connectivity index (χ3v) is 7.59. The minimum Gasteiger partial charge on any atom is -0.396 e. The van der Waals surface area contributed by atoms with Crippen LogP contribution in [0.2, 0.25) is 0 Å². The number of hydrogen-bond donors (Lipinski definition) is 2. The molecular weight excluding hydrogens is 436 g/mol. The van der Waals surface area contributed by atoms with Crippen LogP contribution in [0.4, 0.5) is 11.4 Å². The lowest BCUT2D eigenvalue weighted by Gasteiger charge is -2.34. The second-order valence-corrected chi connectivity index (χ2v) is 10.1. The number of para-hydroxylation sites is 2. The number of aliphatic hydroxyl groups is 1. The molecule has 1 amide bonds. The number of carbonyl (C=O) groups is 1. The Morgan fingerprint density at radius 1 is 1.03 bits per heavy atom. The van der Waals surface area contributed by atoms with Gasteiger partial charge in [0.1, 0.15) is 0 Å². The zero-order chi connectivity index (χ0) is 23.6. The molecule has 1 aliphatic rings. The van der Waals surface area contributed by atoms with E-state index >= 15 is 0 Å². The highest BCUT2D eigenvalue weighted by molar-refractivity contribution is 7.92. The molecule has 3 aromatic carbocycles. The van der Waals surface area contributed by atoms with E-state index in [2.05, 4.69) is 4.72 Å². The van der Waals surface area contributed by atoms with Crippen LogP contribution in [0.1, 0.15) is 45.8 Å². The molecule has 0 saturated carbocycles. The smallest absolute Gasteiger partial charge is 0.261 e. The molecule has 1 heterocycles. The van der Waals surface area contributed by atoms with Crippen molar-refractivity contribution < 1.29 is 18.3 Å². The van der Waals surface area contributed by atoms with Crippen molar-refractivity contribution in [3.63, 3.8) is 0 Å². The predicted molar refractivity (Wildman–Crippen MR) is 130 cm³/mol. The number of benzene rings is 3. The van der Waals surface area contributed by atoms with E-state index in [9.17, 15) is 18.3 Å². The van der Waals surface area contributed by atoms with Crippen molar-refractivity contribution >= 4 is 27.3 Å². The van der Waals surface area contributed by atoms with Gasteiger partial charge in [-0.15, -0.1) is 0 Å². The Morgan fingerprint density at radius 3 is 2.52 bits per heavy atom. The number of fused-ring (bicyclic) bond motifs is 1. The molecule has 1 unspecified atom stereocenters. The van der Waals surface area contributed by atoms with Crippen molar-refractivity contribution in [1.82, 2.24) is 0 Å². The fourth-order valence-corrected chi connectivity index (χ4v) is 5.50. The first-order valence-corrected chi connectivity index (χ1v) is 12.5. The normalized spacial score (nSPS) is 15.7. The van der Waals surface area contributed by atoms with Gasteiger partial charge in [-0.1, -0.05) is 42.5 Å². The zero-order valence-corrected chi connectivity index (χ0v) is 19.6. The lowest BCUT2D eigenvalue weighted by atomic mass is 9.87. The van der Waals surface area contributed by atoms with E-state index in [1.54, 1.807) is 23.1 Å². The topological polar surface area (TPSA) is 86.7 Å². The summed E-state index contributed by atoms with van der Waals surface area (Å²) in [6, 6.07) is 19.5. The van der Waals surface area contributed by atoms with Crippen molar-refractivity contribution in [2.45, 2.75) is 37.5 Å². The van der Waals surface area contributed by atoms with Crippen LogP contribution in [-0.2, 0) is 10.0 Å². The number of carbonyl (C=O) groups excluding carboxylic acids is 1. The van der Waals surface area contributed by atoms with Crippen LogP contribution in [0.3, 0.4) is 0 Å². The number of amides is 1. The van der Waals surface area contributed by atoms with Gasteiger partial charge in [-0.05, 0) is 73.6 Å². The standard InChI is InChI=1S/C26H28N2O4S/c1-18-11-12-21(33(31,32)27-24-9-5-3-7-19(24)2)17-23(18)26(30)28-15-13-20(14-16-29)22-8-4-6-10-25(22)28/h3-12,17,20,27,29H,13-16H2,1-2H3. The molecule has 0 radical (unpaired) electrons. The van der Waals surface area contributed by atoms with Gasteiger partial charge in [-0.3, -0.25) is 9.52 Å². The van der Waals surface area contributed by atoms with Crippen molar-refractivity contribution in [2.24, 2.45) is 0 Å². The van der Waals surface area contributed by atoms with Crippen LogP contribution in [-0.4, -0.2) is 32.6 Å². The summed E-state index contributed by atoms with van der Waals surface area (Å²) >= 11 is 0. The van der Waals surface area contributed by atoms with Gasteiger partial charge < -0.3 is 10.0 Å². The Bertz CT molecular complexity index is 1290. The zero-order valence-electron chi connectivity index (χ0n) is 18.8. The SMILES string of the molecule is Cc1ccccc1NS(=O)(=O)c1ccc(C)c(C(=O)N2CCC(CCO)c3ccccc32)c1. The molecule has 0 fully saturated rings. The molecule has 0 spiro atoms. The van der Waals surface area contributed by atoms with Crippen molar-refractivity contribution in [1.29, 1.82) is 0 Å². The van der Waals surface area contributed by atoms with Gasteiger partial charge in [0.05, 0.1) is 10.6 Å². The van der Waals surface area contributed by atoms with E-state index in [0.717, 1.165) is 23.2 Å². The highest BCUT2D eigenvalue weighted by Gasteiger charge is 2.30. The van der Waals surface area contributed by atoms with E-state index in [1.165, 1.54) is 12.1 Å². The molecule has 3 aromatic rings. The molecule has 6 nitrogen and oxygen atoms in total. The monoisotopic (exact) mass is 464 g/mol. The van der Waals surface area contributed by atoms with E-state index < -0.39 is 10.0 Å². The summed E-state index contributed by atoms with van der Waals surface area (Å²) in [7, 11) is -3.86. The summed E-state index contributed by atoms with van der Waals surface area (Å²) < 4.78 is 28.8. The maximum absolute atomic E-state index is 13.6. The minimum absolute atomic E-state index is 0.0446. The summed E-state index contributed by atoms with van der Waals surface area (Å²) in [6.07, 6.45) is 1.39. The number of aliphatic hydroxyl groups excluding tert-OH is 1. The number of anilines is 2. The van der Waals surface area contributed by atoms with Gasteiger partial charge in [-0.2, -0.15) is 0 Å². The molecular formula is C26H28N2O4S. The molecule has 0 bridgehead atoms. The van der Waals surface area contributed by atoms with Crippen LogP contribution < -0.4 is 9.62 Å². The van der Waals surface area contributed by atoms with Crippen LogP contribution in [0.5, 0.6) is 0 Å². The lowest BCUT2D eigenvalue weighted by molar-refractivity contribution is 0.0983. The third-order valence-electron chi connectivity index (χ3n) is 6.23. The van der Waals surface area contributed by atoms with Gasteiger partial charge >= 0.3 is 0 Å². The molecule has 33 heavy (non-hydrogen) atoms. The average Bonchev–Trinajstić information content (AvgIpc) is 2.80. The Labute approximate surface area is 194 Å². The van der Waals surface area contributed by atoms with Crippen molar-refractivity contribution in [3.05, 3.63) is 89.0 Å². The van der Waals surface area contributed by atoms with Crippen molar-refractivity contribution in [2.75, 3.05) is 22.8 Å². The summed E-state index contributed by atoms with van der Waals surface area (Å²) in [5, 5.41) is 9.42. The summed E-state index contributed by atoms with van der Waals surface area (Å²) in [5.74, 6) is -0.0308. The Balaban J connectivity index is 1.68. The average molecular weight is 465 g/mol. The largest absolute Gasteiger partial charge is 0.396 e. The van der Waals surface area contributed by atoms with Crippen LogP contribution in [0.15, 0.2) is 71.6 Å². The molecule has 0 saturated heterocycles. The van der Waals surface area contributed by atoms with Gasteiger partial charge in [0.25, 0.3) is 15.9 Å². The second-order valence-electron chi connectivity index (χ2n) is 8.41. The predicted octanol–water partition coefficient (Wildman–Crippen LogP) is 4.62. The molecule has 0 aliphatic carbocycles. The summed E-state index contributed by atoms with van der Waals surface area (Å²) in [6.45, 7) is 4.25. The first kappa shape index (κ1) is 23.0. The quantitative estimate of drug-likeness (QED) is 0.557. The molecule has 4 rings (SSSR count). The van der Waals surface area contributed by atoms with Crippen LogP contribution in [0, 0.1) is 13.8 Å². The van der Waals surface area contributed by atoms with Gasteiger partial charge in [0.2, 0.25) is 0 Å². The number of sulfonamides is 1. The molecule has 2 N–H and O–H groups in total. The maximum Gasteiger partial charge on any atom is 0.261 e. The number of nitrogens with one attached hydrogen (secondary N) is 1. The molecule has 1 atom stereocenters. The Hall–Kier alpha value is -3.16. The fraction of sp³-hybridized carbons (Fsp3) is 0.269. The lowest BCUT2D eigenvalue weighted by Crippen LogP contribution is -2.37. The first-order valence-electron chi connectivity index (χ1n) is 11.0. The van der Waals surface area contributed by atoms with E-state index in [0.29, 0.717) is 29.8 Å². The van der Waals surface area contributed by atoms with E-state index in [4.69, 9.17) is 0 Å². The second kappa shape index (κ2) is 9.37. The molecule has 172 valence electrons. The number of nitrogens with zero attached hydrogens (tertiary/aromatic N) is 1.